The highest BCUT2D eigenvalue weighted by atomic mass is 19.4. The zero-order valence-electron chi connectivity index (χ0n) is 17.0. The fourth-order valence-corrected chi connectivity index (χ4v) is 3.69. The topological polar surface area (TPSA) is 86.5 Å². The third kappa shape index (κ3) is 5.26. The van der Waals surface area contributed by atoms with Gasteiger partial charge in [0, 0.05) is 18.0 Å². The molecule has 2 aliphatic rings. The van der Waals surface area contributed by atoms with Crippen LogP contribution in [-0.2, 0) is 16.0 Å². The van der Waals surface area contributed by atoms with E-state index in [1.807, 2.05) is 0 Å². The van der Waals surface area contributed by atoms with Crippen LogP contribution in [0.1, 0.15) is 48.9 Å². The van der Waals surface area contributed by atoms with Crippen LogP contribution in [0.5, 0.6) is 5.75 Å². The first-order valence-electron chi connectivity index (χ1n) is 10.2. The molecule has 0 saturated heterocycles. The number of hydrogen-bond donors (Lipinski definition) is 1. The smallest absolute Gasteiger partial charge is 0.480 e. The molecule has 11 heteroatoms. The van der Waals surface area contributed by atoms with E-state index in [2.05, 4.69) is 26.8 Å². The van der Waals surface area contributed by atoms with Gasteiger partial charge in [-0.15, -0.1) is 23.4 Å². The molecular formula is C21H21F4N3O4. The normalized spacial score (nSPS) is 22.4. The highest BCUT2D eigenvalue weighted by Gasteiger charge is 2.42. The lowest BCUT2D eigenvalue weighted by molar-refractivity contribution is -0.352. The molecule has 2 aromatic rings. The molecule has 0 bridgehead atoms. The van der Waals surface area contributed by atoms with Gasteiger partial charge in [0.05, 0.1) is 6.10 Å². The van der Waals surface area contributed by atoms with E-state index >= 15 is 0 Å². The van der Waals surface area contributed by atoms with Crippen LogP contribution in [0.2, 0.25) is 0 Å². The van der Waals surface area contributed by atoms with Crippen LogP contribution in [0.4, 0.5) is 17.6 Å². The molecule has 1 amide bonds. The number of carbonyl (C=O) groups excluding carboxylic acids is 1. The summed E-state index contributed by atoms with van der Waals surface area (Å²) in [6.45, 7) is 4.12. The Morgan fingerprint density at radius 1 is 1.28 bits per heavy atom. The van der Waals surface area contributed by atoms with Gasteiger partial charge in [-0.25, -0.2) is 4.39 Å². The van der Waals surface area contributed by atoms with Crippen LogP contribution in [0.25, 0.3) is 5.57 Å². The Hall–Kier alpha value is -2.95. The lowest BCUT2D eigenvalue weighted by Gasteiger charge is -2.32. The molecule has 172 valence electrons. The van der Waals surface area contributed by atoms with E-state index in [9.17, 15) is 22.4 Å². The van der Waals surface area contributed by atoms with Gasteiger partial charge in [-0.3, -0.25) is 9.53 Å². The molecule has 0 spiro atoms. The van der Waals surface area contributed by atoms with Crippen molar-refractivity contribution in [2.75, 3.05) is 6.54 Å². The fourth-order valence-electron chi connectivity index (χ4n) is 3.69. The summed E-state index contributed by atoms with van der Waals surface area (Å²) in [5.74, 6) is 0.0153. The van der Waals surface area contributed by atoms with Gasteiger partial charge in [-0.1, -0.05) is 6.58 Å². The van der Waals surface area contributed by atoms with Crippen LogP contribution in [-0.4, -0.2) is 41.2 Å². The summed E-state index contributed by atoms with van der Waals surface area (Å²) < 4.78 is 65.0. The molecule has 1 unspecified atom stereocenters. The standard InChI is InChI=1S/C21H21F4N3O4/c1-11(19-27-28-20(31-19)13-9-15(10-13)32-21(23,24)25)6-7-26-18(29)17-4-2-12-8-14(22)3-5-16(12)30-17/h3,5,8,13,15,17H,1-2,4,6-7,9-10H2,(H,26,29). The van der Waals surface area contributed by atoms with Crippen molar-refractivity contribution in [3.8, 4) is 5.75 Å². The van der Waals surface area contributed by atoms with Crippen molar-refractivity contribution < 1.29 is 36.2 Å². The zero-order valence-corrected chi connectivity index (χ0v) is 17.0. The Kier molecular flexibility index (Phi) is 6.18. The molecule has 7 nitrogen and oxygen atoms in total. The molecule has 32 heavy (non-hydrogen) atoms. The van der Waals surface area contributed by atoms with Gasteiger partial charge >= 0.3 is 6.36 Å². The molecule has 1 saturated carbocycles. The van der Waals surface area contributed by atoms with Crippen molar-refractivity contribution in [3.63, 3.8) is 0 Å². The number of amides is 1. The second kappa shape index (κ2) is 8.89. The minimum absolute atomic E-state index is 0.154. The number of alkyl halides is 3. The molecule has 1 N–H and O–H groups in total. The Bertz CT molecular complexity index is 1000. The number of carbonyl (C=O) groups is 1. The van der Waals surface area contributed by atoms with Crippen LogP contribution in [0.15, 0.2) is 29.2 Å². The molecule has 1 aliphatic heterocycles. The van der Waals surface area contributed by atoms with Gasteiger partial charge < -0.3 is 14.5 Å². The Morgan fingerprint density at radius 3 is 2.81 bits per heavy atom. The molecule has 1 aromatic heterocycles. The number of hydrogen-bond acceptors (Lipinski definition) is 6. The number of fused-ring (bicyclic) bond motifs is 1. The number of rotatable bonds is 7. The van der Waals surface area contributed by atoms with E-state index < -0.39 is 18.6 Å². The van der Waals surface area contributed by atoms with Gasteiger partial charge in [-0.05, 0) is 55.9 Å². The second-order valence-electron chi connectivity index (χ2n) is 7.84. The number of nitrogens with one attached hydrogen (secondary N) is 1. The number of benzene rings is 1. The summed E-state index contributed by atoms with van der Waals surface area (Å²) in [6, 6.07) is 4.20. The zero-order chi connectivity index (χ0) is 22.9. The molecular weight excluding hydrogens is 434 g/mol. The summed E-state index contributed by atoms with van der Waals surface area (Å²) in [5, 5.41) is 10.5. The first-order valence-corrected chi connectivity index (χ1v) is 10.2. The molecule has 0 radical (unpaired) electrons. The van der Waals surface area contributed by atoms with Gasteiger partial charge in [0.25, 0.3) is 5.91 Å². The highest BCUT2D eigenvalue weighted by molar-refractivity contribution is 5.81. The third-order valence-electron chi connectivity index (χ3n) is 5.47. The lowest BCUT2D eigenvalue weighted by atomic mass is 9.82. The predicted molar refractivity (Wildman–Crippen MR) is 103 cm³/mol. The average Bonchev–Trinajstić information content (AvgIpc) is 3.18. The van der Waals surface area contributed by atoms with Gasteiger partial charge in [0.15, 0.2) is 6.10 Å². The maximum absolute atomic E-state index is 13.3. The van der Waals surface area contributed by atoms with Crippen molar-refractivity contribution >= 4 is 11.5 Å². The van der Waals surface area contributed by atoms with Gasteiger partial charge in [0.1, 0.15) is 11.6 Å². The van der Waals surface area contributed by atoms with E-state index in [4.69, 9.17) is 9.15 Å². The van der Waals surface area contributed by atoms with Gasteiger partial charge in [0.2, 0.25) is 11.8 Å². The summed E-state index contributed by atoms with van der Waals surface area (Å²) in [5.41, 5.74) is 1.23. The van der Waals surface area contributed by atoms with E-state index in [1.54, 1.807) is 0 Å². The van der Waals surface area contributed by atoms with Crippen molar-refractivity contribution in [2.24, 2.45) is 0 Å². The summed E-state index contributed by atoms with van der Waals surface area (Å²) in [4.78, 5) is 12.4. The number of aryl methyl sites for hydroxylation is 1. The SMILES string of the molecule is C=C(CCNC(=O)C1CCc2cc(F)ccc2O1)c1nnc(C2CC(OC(F)(F)F)C2)o1. The first kappa shape index (κ1) is 22.3. The molecule has 1 fully saturated rings. The number of aromatic nitrogens is 2. The Labute approximate surface area is 180 Å². The average molecular weight is 455 g/mol. The second-order valence-corrected chi connectivity index (χ2v) is 7.84. The van der Waals surface area contributed by atoms with Crippen molar-refractivity contribution in [2.45, 2.75) is 56.6 Å². The Balaban J connectivity index is 1.20. The van der Waals surface area contributed by atoms with Crippen LogP contribution in [0.3, 0.4) is 0 Å². The van der Waals surface area contributed by atoms with Crippen molar-refractivity contribution in [1.82, 2.24) is 15.5 Å². The number of nitrogens with zero attached hydrogens (tertiary/aromatic N) is 2. The van der Waals surface area contributed by atoms with E-state index in [1.165, 1.54) is 18.2 Å². The minimum Gasteiger partial charge on any atom is -0.480 e. The van der Waals surface area contributed by atoms with E-state index in [0.717, 1.165) is 5.56 Å². The third-order valence-corrected chi connectivity index (χ3v) is 5.47. The lowest BCUT2D eigenvalue weighted by Crippen LogP contribution is -2.40. The largest absolute Gasteiger partial charge is 0.522 e. The van der Waals surface area contributed by atoms with Crippen LogP contribution < -0.4 is 10.1 Å². The van der Waals surface area contributed by atoms with E-state index in [-0.39, 0.29) is 48.8 Å². The highest BCUT2D eigenvalue weighted by Crippen LogP contribution is 2.41. The molecule has 1 aromatic carbocycles. The van der Waals surface area contributed by atoms with Crippen molar-refractivity contribution in [1.29, 1.82) is 0 Å². The Morgan fingerprint density at radius 2 is 2.06 bits per heavy atom. The van der Waals surface area contributed by atoms with Gasteiger partial charge in [-0.2, -0.15) is 0 Å². The maximum Gasteiger partial charge on any atom is 0.522 e. The molecule has 1 aliphatic carbocycles. The van der Waals surface area contributed by atoms with Crippen LogP contribution >= 0.6 is 0 Å². The van der Waals surface area contributed by atoms with Crippen molar-refractivity contribution in [3.05, 3.63) is 47.9 Å². The first-order chi connectivity index (χ1) is 15.2. The predicted octanol–water partition coefficient (Wildman–Crippen LogP) is 3.90. The summed E-state index contributed by atoms with van der Waals surface area (Å²) >= 11 is 0. The van der Waals surface area contributed by atoms with E-state index in [0.29, 0.717) is 30.6 Å². The van der Waals surface area contributed by atoms with Crippen LogP contribution in [0, 0.1) is 5.82 Å². The minimum atomic E-state index is -4.65. The maximum atomic E-state index is 13.3. The quantitative estimate of drug-likeness (QED) is 0.638. The molecule has 1 atom stereocenters. The number of halogens is 4. The fraction of sp³-hybridized carbons (Fsp3) is 0.476. The number of ether oxygens (including phenoxy) is 2. The summed E-state index contributed by atoms with van der Waals surface area (Å²) in [6.07, 6.45) is -4.59. The summed E-state index contributed by atoms with van der Waals surface area (Å²) in [7, 11) is 0. The molecule has 2 heterocycles. The monoisotopic (exact) mass is 455 g/mol. The molecule has 4 rings (SSSR count).